The van der Waals surface area contributed by atoms with E-state index in [0.717, 1.165) is 34.0 Å². The minimum atomic E-state index is -0.501. The molecule has 0 aliphatic rings. The standard InChI is InChI=1S/C22H29N7O/c1-13(2)29-20(8-9-27-29)14-6-7-17(16(10-14)22(23)30)28-21-18(25-4)11-15(24-3)12-19(21)26-5/h6-13,24-26,28H,1-5H3,(H2,23,30). The number of nitrogens with two attached hydrogens (primary N) is 1. The number of rotatable bonds is 8. The summed E-state index contributed by atoms with van der Waals surface area (Å²) in [6.07, 6.45) is 1.76. The summed E-state index contributed by atoms with van der Waals surface area (Å²) in [6, 6.07) is 11.8. The second-order valence-corrected chi connectivity index (χ2v) is 7.20. The van der Waals surface area contributed by atoms with Crippen molar-refractivity contribution in [3.05, 3.63) is 48.2 Å². The molecule has 3 rings (SSSR count). The van der Waals surface area contributed by atoms with Crippen LogP contribution in [0.15, 0.2) is 42.6 Å². The van der Waals surface area contributed by atoms with Crippen molar-refractivity contribution in [3.8, 4) is 11.3 Å². The van der Waals surface area contributed by atoms with E-state index in [1.807, 2.05) is 56.2 Å². The Morgan fingerprint density at radius 1 is 0.967 bits per heavy atom. The summed E-state index contributed by atoms with van der Waals surface area (Å²) in [7, 11) is 5.57. The maximum absolute atomic E-state index is 12.3. The molecule has 0 radical (unpaired) electrons. The molecule has 1 amide bonds. The van der Waals surface area contributed by atoms with Gasteiger partial charge >= 0.3 is 0 Å². The number of benzene rings is 2. The number of anilines is 5. The van der Waals surface area contributed by atoms with Crippen LogP contribution in [-0.4, -0.2) is 36.8 Å². The first-order valence-corrected chi connectivity index (χ1v) is 9.85. The number of hydrogen-bond donors (Lipinski definition) is 5. The van der Waals surface area contributed by atoms with Crippen molar-refractivity contribution in [2.24, 2.45) is 5.73 Å². The fourth-order valence-corrected chi connectivity index (χ4v) is 3.42. The lowest BCUT2D eigenvalue weighted by Gasteiger charge is -2.20. The smallest absolute Gasteiger partial charge is 0.250 e. The summed E-state index contributed by atoms with van der Waals surface area (Å²) < 4.78 is 1.92. The molecule has 0 fully saturated rings. The van der Waals surface area contributed by atoms with Crippen molar-refractivity contribution in [1.29, 1.82) is 0 Å². The molecule has 3 aromatic rings. The normalized spacial score (nSPS) is 10.7. The molecule has 1 aromatic heterocycles. The number of aromatic nitrogens is 2. The van der Waals surface area contributed by atoms with Crippen LogP contribution in [0, 0.1) is 0 Å². The van der Waals surface area contributed by atoms with E-state index in [2.05, 4.69) is 40.2 Å². The summed E-state index contributed by atoms with van der Waals surface area (Å²) in [5, 5.41) is 17.3. The predicted molar refractivity (Wildman–Crippen MR) is 125 cm³/mol. The van der Waals surface area contributed by atoms with E-state index in [9.17, 15) is 4.79 Å². The molecule has 30 heavy (non-hydrogen) atoms. The highest BCUT2D eigenvalue weighted by Crippen LogP contribution is 2.38. The number of primary amides is 1. The van der Waals surface area contributed by atoms with Gasteiger partial charge in [0.25, 0.3) is 5.91 Å². The summed E-state index contributed by atoms with van der Waals surface area (Å²) in [6.45, 7) is 4.13. The number of amides is 1. The molecule has 0 bridgehead atoms. The van der Waals surface area contributed by atoms with Gasteiger partial charge in [-0.15, -0.1) is 0 Å². The molecule has 0 saturated heterocycles. The van der Waals surface area contributed by atoms with Crippen LogP contribution in [0.1, 0.15) is 30.2 Å². The van der Waals surface area contributed by atoms with Gasteiger partial charge < -0.3 is 27.0 Å². The topological polar surface area (TPSA) is 109 Å². The molecule has 8 heteroatoms. The van der Waals surface area contributed by atoms with Gasteiger partial charge in [-0.2, -0.15) is 5.10 Å². The average Bonchev–Trinajstić information content (AvgIpc) is 3.24. The first-order chi connectivity index (χ1) is 14.4. The second-order valence-electron chi connectivity index (χ2n) is 7.20. The molecule has 0 aliphatic carbocycles. The van der Waals surface area contributed by atoms with Gasteiger partial charge in [-0.3, -0.25) is 9.48 Å². The van der Waals surface area contributed by atoms with Gasteiger partial charge in [0.05, 0.1) is 34.0 Å². The zero-order valence-corrected chi connectivity index (χ0v) is 18.0. The van der Waals surface area contributed by atoms with Crippen molar-refractivity contribution < 1.29 is 4.79 Å². The minimum Gasteiger partial charge on any atom is -0.388 e. The van der Waals surface area contributed by atoms with Crippen molar-refractivity contribution in [2.75, 3.05) is 42.4 Å². The Labute approximate surface area is 176 Å². The highest BCUT2D eigenvalue weighted by Gasteiger charge is 2.16. The fourth-order valence-electron chi connectivity index (χ4n) is 3.42. The Kier molecular flexibility index (Phi) is 6.15. The Hall–Kier alpha value is -3.68. The first-order valence-electron chi connectivity index (χ1n) is 9.85. The van der Waals surface area contributed by atoms with Gasteiger partial charge in [-0.05, 0) is 44.2 Å². The molecule has 0 spiro atoms. The van der Waals surface area contributed by atoms with Crippen LogP contribution < -0.4 is 27.0 Å². The second kappa shape index (κ2) is 8.77. The van der Waals surface area contributed by atoms with Crippen LogP contribution in [0.4, 0.5) is 28.4 Å². The highest BCUT2D eigenvalue weighted by atomic mass is 16.1. The minimum absolute atomic E-state index is 0.201. The van der Waals surface area contributed by atoms with Gasteiger partial charge in [0.1, 0.15) is 0 Å². The van der Waals surface area contributed by atoms with E-state index < -0.39 is 5.91 Å². The van der Waals surface area contributed by atoms with Crippen LogP contribution >= 0.6 is 0 Å². The summed E-state index contributed by atoms with van der Waals surface area (Å²) in [5.74, 6) is -0.501. The third-order valence-electron chi connectivity index (χ3n) is 4.97. The molecule has 1 heterocycles. The molecule has 6 N–H and O–H groups in total. The number of nitrogens with one attached hydrogen (secondary N) is 4. The Balaban J connectivity index is 2.08. The van der Waals surface area contributed by atoms with Crippen LogP contribution in [0.2, 0.25) is 0 Å². The SMILES string of the molecule is CNc1cc(NC)c(Nc2ccc(-c3ccnn3C(C)C)cc2C(N)=O)c(NC)c1. The van der Waals surface area contributed by atoms with Crippen LogP contribution in [-0.2, 0) is 0 Å². The zero-order chi connectivity index (χ0) is 21.8. The van der Waals surface area contributed by atoms with Crippen molar-refractivity contribution in [1.82, 2.24) is 9.78 Å². The fraction of sp³-hybridized carbons (Fsp3) is 0.273. The molecular formula is C22H29N7O. The van der Waals surface area contributed by atoms with Gasteiger partial charge in [-0.1, -0.05) is 6.07 Å². The number of hydrogen-bond acceptors (Lipinski definition) is 6. The number of nitrogens with zero attached hydrogens (tertiary/aromatic N) is 2. The summed E-state index contributed by atoms with van der Waals surface area (Å²) in [5.41, 5.74) is 12.1. The van der Waals surface area contributed by atoms with Crippen LogP contribution in [0.3, 0.4) is 0 Å². The molecule has 0 aliphatic heterocycles. The quantitative estimate of drug-likeness (QED) is 0.385. The van der Waals surface area contributed by atoms with E-state index in [1.165, 1.54) is 0 Å². The Bertz CT molecular complexity index is 1030. The molecule has 0 atom stereocenters. The Morgan fingerprint density at radius 3 is 2.17 bits per heavy atom. The maximum atomic E-state index is 12.3. The lowest BCUT2D eigenvalue weighted by molar-refractivity contribution is 0.100. The highest BCUT2D eigenvalue weighted by molar-refractivity contribution is 6.02. The molecule has 8 nitrogen and oxygen atoms in total. The van der Waals surface area contributed by atoms with E-state index in [4.69, 9.17) is 5.73 Å². The number of carbonyl (C=O) groups is 1. The van der Waals surface area contributed by atoms with Gasteiger partial charge in [0.15, 0.2) is 0 Å². The number of carbonyl (C=O) groups excluding carboxylic acids is 1. The van der Waals surface area contributed by atoms with Gasteiger partial charge in [-0.25, -0.2) is 0 Å². The third kappa shape index (κ3) is 4.03. The molecule has 2 aromatic carbocycles. The van der Waals surface area contributed by atoms with Crippen molar-refractivity contribution >= 4 is 34.3 Å². The van der Waals surface area contributed by atoms with E-state index >= 15 is 0 Å². The zero-order valence-electron chi connectivity index (χ0n) is 18.0. The Morgan fingerprint density at radius 2 is 1.63 bits per heavy atom. The monoisotopic (exact) mass is 407 g/mol. The van der Waals surface area contributed by atoms with Gasteiger partial charge in [0, 0.05) is 44.6 Å². The molecule has 0 saturated carbocycles. The van der Waals surface area contributed by atoms with Crippen LogP contribution in [0.25, 0.3) is 11.3 Å². The van der Waals surface area contributed by atoms with E-state index in [-0.39, 0.29) is 6.04 Å². The lowest BCUT2D eigenvalue weighted by Crippen LogP contribution is -2.14. The maximum Gasteiger partial charge on any atom is 0.250 e. The molecular weight excluding hydrogens is 378 g/mol. The first kappa shape index (κ1) is 21.0. The summed E-state index contributed by atoms with van der Waals surface area (Å²) in [4.78, 5) is 12.3. The third-order valence-corrected chi connectivity index (χ3v) is 4.97. The molecule has 0 unspecified atom stereocenters. The van der Waals surface area contributed by atoms with Crippen molar-refractivity contribution in [2.45, 2.75) is 19.9 Å². The van der Waals surface area contributed by atoms with E-state index in [0.29, 0.717) is 11.3 Å². The predicted octanol–water partition coefficient (Wildman–Crippen LogP) is 4.10. The van der Waals surface area contributed by atoms with Gasteiger partial charge in [0.2, 0.25) is 0 Å². The van der Waals surface area contributed by atoms with E-state index in [1.54, 1.807) is 12.3 Å². The molecule has 158 valence electrons. The largest absolute Gasteiger partial charge is 0.388 e. The summed E-state index contributed by atoms with van der Waals surface area (Å²) >= 11 is 0. The average molecular weight is 408 g/mol. The van der Waals surface area contributed by atoms with Crippen molar-refractivity contribution in [3.63, 3.8) is 0 Å². The lowest BCUT2D eigenvalue weighted by atomic mass is 10.0. The van der Waals surface area contributed by atoms with Crippen LogP contribution in [0.5, 0.6) is 0 Å².